The van der Waals surface area contributed by atoms with Gasteiger partial charge in [-0.15, -0.1) is 0 Å². The third-order valence-corrected chi connectivity index (χ3v) is 0.794. The van der Waals surface area contributed by atoms with Crippen molar-refractivity contribution in [1.29, 1.82) is 0 Å². The van der Waals surface area contributed by atoms with E-state index >= 15 is 0 Å². The minimum Gasteiger partial charge on any atom is -0.734 e. The summed E-state index contributed by atoms with van der Waals surface area (Å²) in [6, 6.07) is 0. The van der Waals surface area contributed by atoms with Gasteiger partial charge in [0.15, 0.2) is 6.29 Å². The summed E-state index contributed by atoms with van der Waals surface area (Å²) < 4.78 is 4.39. The van der Waals surface area contributed by atoms with Crippen LogP contribution in [0.5, 0.6) is 0 Å². The van der Waals surface area contributed by atoms with Gasteiger partial charge in [-0.1, -0.05) is 0 Å². The van der Waals surface area contributed by atoms with E-state index in [0.717, 1.165) is 12.3 Å². The van der Waals surface area contributed by atoms with Gasteiger partial charge >= 0.3 is 0 Å². The van der Waals surface area contributed by atoms with Crippen LogP contribution >= 0.6 is 0 Å². The number of nitrogens with zero attached hydrogens (tertiary/aromatic N) is 1. The van der Waals surface area contributed by atoms with Crippen molar-refractivity contribution in [3.63, 3.8) is 0 Å². The maximum Gasteiger partial charge on any atom is 0.175 e. The topological polar surface area (TPSA) is 65.0 Å². The number of ether oxygens (including phenoxy) is 1. The van der Waals surface area contributed by atoms with Crippen LogP contribution in [-0.4, -0.2) is 30.8 Å². The third kappa shape index (κ3) is 4.28. The fourth-order valence-electron chi connectivity index (χ4n) is 0.283. The standard InChI is InChI=1S/C5H10NO4/c1-9-5(7)3-4-6(8)10-2/h3-5,7H,1-2H3/q-1/b4-3+. The van der Waals surface area contributed by atoms with E-state index < -0.39 is 6.29 Å². The molecule has 0 aromatic rings. The van der Waals surface area contributed by atoms with Crippen molar-refractivity contribution in [2.24, 2.45) is 0 Å². The molecule has 1 atom stereocenters. The first-order chi connectivity index (χ1) is 4.70. The van der Waals surface area contributed by atoms with Crippen molar-refractivity contribution in [3.8, 4) is 0 Å². The van der Waals surface area contributed by atoms with Crippen LogP contribution in [0.15, 0.2) is 12.3 Å². The summed E-state index contributed by atoms with van der Waals surface area (Å²) >= 11 is 0. The summed E-state index contributed by atoms with van der Waals surface area (Å²) in [7, 11) is 2.54. The number of aliphatic hydroxyl groups excluding tert-OH is 1. The average Bonchev–Trinajstić information content (AvgIpc) is 1.99. The van der Waals surface area contributed by atoms with Gasteiger partial charge in [-0.2, -0.15) is 0 Å². The molecule has 0 radical (unpaired) electrons. The fraction of sp³-hybridized carbons (Fsp3) is 0.600. The Morgan fingerprint density at radius 1 is 1.60 bits per heavy atom. The molecular weight excluding hydrogens is 138 g/mol. The molecule has 0 aliphatic rings. The van der Waals surface area contributed by atoms with E-state index in [4.69, 9.17) is 5.11 Å². The molecule has 0 aliphatic carbocycles. The van der Waals surface area contributed by atoms with Crippen molar-refractivity contribution < 1.29 is 14.7 Å². The molecule has 0 saturated carbocycles. The Morgan fingerprint density at radius 2 is 2.20 bits per heavy atom. The normalized spacial score (nSPS) is 14.0. The molecule has 0 rings (SSSR count). The maximum absolute atomic E-state index is 10.3. The van der Waals surface area contributed by atoms with E-state index in [2.05, 4.69) is 9.57 Å². The van der Waals surface area contributed by atoms with Gasteiger partial charge in [-0.25, -0.2) is 0 Å². The highest BCUT2D eigenvalue weighted by Gasteiger charge is 1.90. The maximum atomic E-state index is 10.3. The van der Waals surface area contributed by atoms with Crippen molar-refractivity contribution in [2.75, 3.05) is 14.2 Å². The number of hydroxylamine groups is 2. The highest BCUT2D eigenvalue weighted by molar-refractivity contribution is 4.81. The third-order valence-electron chi connectivity index (χ3n) is 0.794. The highest BCUT2D eigenvalue weighted by Crippen LogP contribution is 1.89. The largest absolute Gasteiger partial charge is 0.734 e. The summed E-state index contributed by atoms with van der Waals surface area (Å²) in [5.74, 6) is 0. The van der Waals surface area contributed by atoms with Crippen LogP contribution in [0, 0.1) is 5.21 Å². The highest BCUT2D eigenvalue weighted by atomic mass is 16.9. The first kappa shape index (κ1) is 9.38. The molecule has 0 heterocycles. The van der Waals surface area contributed by atoms with Crippen molar-refractivity contribution in [1.82, 2.24) is 5.23 Å². The molecular formula is C5H10NO4-. The van der Waals surface area contributed by atoms with Gasteiger partial charge in [0.05, 0.1) is 7.11 Å². The quantitative estimate of drug-likeness (QED) is 0.442. The van der Waals surface area contributed by atoms with Gasteiger partial charge in [0.25, 0.3) is 0 Å². The average molecular weight is 148 g/mol. The van der Waals surface area contributed by atoms with Crippen LogP contribution in [0.1, 0.15) is 0 Å². The predicted molar refractivity (Wildman–Crippen MR) is 34.4 cm³/mol. The summed E-state index contributed by atoms with van der Waals surface area (Å²) in [6.07, 6.45) is 1.09. The molecule has 5 nitrogen and oxygen atoms in total. The van der Waals surface area contributed by atoms with E-state index in [9.17, 15) is 5.21 Å². The second kappa shape index (κ2) is 5.19. The van der Waals surface area contributed by atoms with Crippen LogP contribution in [0.4, 0.5) is 0 Å². The Morgan fingerprint density at radius 3 is 2.60 bits per heavy atom. The predicted octanol–water partition coefficient (Wildman–Crippen LogP) is -0.174. The van der Waals surface area contributed by atoms with Crippen LogP contribution in [-0.2, 0) is 9.57 Å². The number of hydrogen-bond donors (Lipinski definition) is 1. The minimum absolute atomic E-state index is 0.197. The summed E-state index contributed by atoms with van der Waals surface area (Å²) in [6.45, 7) is 0. The van der Waals surface area contributed by atoms with Crippen LogP contribution in [0.2, 0.25) is 0 Å². The number of hydrogen-bond acceptors (Lipinski definition) is 5. The monoisotopic (exact) mass is 148 g/mol. The minimum atomic E-state index is -1.06. The van der Waals surface area contributed by atoms with Crippen molar-refractivity contribution >= 4 is 0 Å². The SMILES string of the molecule is COC(O)/C=C/N([O-])OC. The van der Waals surface area contributed by atoms with Crippen LogP contribution in [0.3, 0.4) is 0 Å². The lowest BCUT2D eigenvalue weighted by molar-refractivity contribution is -0.0557. The van der Waals surface area contributed by atoms with Gasteiger partial charge in [0, 0.05) is 13.3 Å². The van der Waals surface area contributed by atoms with E-state index in [1.165, 1.54) is 14.2 Å². The number of aliphatic hydroxyl groups is 1. The molecule has 5 heteroatoms. The molecule has 0 fully saturated rings. The lowest BCUT2D eigenvalue weighted by Crippen LogP contribution is -2.09. The zero-order valence-corrected chi connectivity index (χ0v) is 5.85. The van der Waals surface area contributed by atoms with E-state index in [1.807, 2.05) is 0 Å². The van der Waals surface area contributed by atoms with E-state index in [-0.39, 0.29) is 5.23 Å². The summed E-state index contributed by atoms with van der Waals surface area (Å²) in [5.41, 5.74) is 0. The molecule has 0 amide bonds. The van der Waals surface area contributed by atoms with Crippen molar-refractivity contribution in [3.05, 3.63) is 17.5 Å². The lowest BCUT2D eigenvalue weighted by Gasteiger charge is -2.21. The fourth-order valence-corrected chi connectivity index (χ4v) is 0.283. The molecule has 1 N–H and O–H groups in total. The van der Waals surface area contributed by atoms with Gasteiger partial charge in [-0.05, 0) is 6.08 Å². The van der Waals surface area contributed by atoms with E-state index in [1.54, 1.807) is 0 Å². The Balaban J connectivity index is 3.52. The zero-order chi connectivity index (χ0) is 7.98. The molecule has 0 aliphatic heterocycles. The second-order valence-electron chi connectivity index (χ2n) is 1.44. The molecule has 0 bridgehead atoms. The molecule has 10 heavy (non-hydrogen) atoms. The zero-order valence-electron chi connectivity index (χ0n) is 5.85. The van der Waals surface area contributed by atoms with Crippen LogP contribution in [0.25, 0.3) is 0 Å². The Kier molecular flexibility index (Phi) is 4.87. The Labute approximate surface area is 59.0 Å². The summed E-state index contributed by atoms with van der Waals surface area (Å²) in [4.78, 5) is 4.17. The summed E-state index contributed by atoms with van der Waals surface area (Å²) in [5, 5.41) is 19.1. The Hall–Kier alpha value is -0.620. The second-order valence-corrected chi connectivity index (χ2v) is 1.44. The van der Waals surface area contributed by atoms with E-state index in [0.29, 0.717) is 0 Å². The first-order valence-corrected chi connectivity index (χ1v) is 2.60. The van der Waals surface area contributed by atoms with Gasteiger partial charge < -0.3 is 20.3 Å². The number of methoxy groups -OCH3 is 1. The lowest BCUT2D eigenvalue weighted by atomic mass is 10.6. The smallest absolute Gasteiger partial charge is 0.175 e. The first-order valence-electron chi connectivity index (χ1n) is 2.60. The molecule has 0 aromatic carbocycles. The van der Waals surface area contributed by atoms with Gasteiger partial charge in [-0.3, -0.25) is 4.84 Å². The Bertz CT molecular complexity index is 93.8. The van der Waals surface area contributed by atoms with Gasteiger partial charge in [0.2, 0.25) is 0 Å². The number of rotatable bonds is 4. The molecule has 0 spiro atoms. The molecule has 0 aromatic heterocycles. The molecule has 1 unspecified atom stereocenters. The van der Waals surface area contributed by atoms with Crippen LogP contribution < -0.4 is 0 Å². The molecule has 60 valence electrons. The van der Waals surface area contributed by atoms with Gasteiger partial charge in [0.1, 0.15) is 0 Å². The van der Waals surface area contributed by atoms with Crippen molar-refractivity contribution in [2.45, 2.75) is 6.29 Å². The molecule has 0 saturated heterocycles.